The summed E-state index contributed by atoms with van der Waals surface area (Å²) in [5.74, 6) is 0.366. The van der Waals surface area contributed by atoms with E-state index in [9.17, 15) is 0 Å². The molecule has 4 heteroatoms. The molecule has 214 valence electrons. The Balaban J connectivity index is 5.83. The van der Waals surface area contributed by atoms with Crippen LogP contribution >= 0.6 is 0 Å². The predicted molar refractivity (Wildman–Crippen MR) is 173 cm³/mol. The van der Waals surface area contributed by atoms with E-state index in [2.05, 4.69) is 152 Å². The van der Waals surface area contributed by atoms with Crippen molar-refractivity contribution in [3.05, 3.63) is 59.3 Å². The van der Waals surface area contributed by atoms with Crippen LogP contribution in [0.15, 0.2) is 59.3 Å². The normalized spacial score (nSPS) is 18.1. The molecule has 0 aromatic heterocycles. The van der Waals surface area contributed by atoms with Crippen LogP contribution in [-0.2, 0) is 8.85 Å². The lowest BCUT2D eigenvalue weighted by molar-refractivity contribution is 0.112. The highest BCUT2D eigenvalue weighted by atomic mass is 28.4. The zero-order chi connectivity index (χ0) is 29.2. The Kier molecular flexibility index (Phi) is 14.6. The van der Waals surface area contributed by atoms with Crippen LogP contribution in [0.25, 0.3) is 0 Å². The van der Waals surface area contributed by atoms with Gasteiger partial charge in [0.1, 0.15) is 0 Å². The number of allylic oxidation sites excluding steroid dienone is 9. The van der Waals surface area contributed by atoms with E-state index in [0.29, 0.717) is 5.92 Å². The second-order valence-electron chi connectivity index (χ2n) is 14.1. The molecule has 0 saturated carbocycles. The van der Waals surface area contributed by atoms with E-state index in [1.807, 2.05) is 0 Å². The zero-order valence-corrected chi connectivity index (χ0v) is 29.5. The Morgan fingerprint density at radius 3 is 1.76 bits per heavy atom. The molecule has 0 aromatic carbocycles. The van der Waals surface area contributed by atoms with Gasteiger partial charge in [-0.15, -0.1) is 0 Å². The molecule has 2 nitrogen and oxygen atoms in total. The molecule has 0 spiro atoms. The van der Waals surface area contributed by atoms with Crippen molar-refractivity contribution in [2.75, 3.05) is 0 Å². The first-order valence-electron chi connectivity index (χ1n) is 14.4. The first kappa shape index (κ1) is 36.1. The van der Waals surface area contributed by atoms with Gasteiger partial charge in [-0.2, -0.15) is 0 Å². The molecule has 0 aromatic rings. The Labute approximate surface area is 234 Å². The summed E-state index contributed by atoms with van der Waals surface area (Å²) in [5.41, 5.74) is 3.77. The van der Waals surface area contributed by atoms with Crippen molar-refractivity contribution < 1.29 is 8.85 Å². The molecule has 3 atom stereocenters. The van der Waals surface area contributed by atoms with Crippen molar-refractivity contribution in [3.8, 4) is 0 Å². The summed E-state index contributed by atoms with van der Waals surface area (Å²) in [4.78, 5) is 0. The minimum Gasteiger partial charge on any atom is -0.414 e. The van der Waals surface area contributed by atoms with Gasteiger partial charge < -0.3 is 8.85 Å². The average molecular weight is 547 g/mol. The second-order valence-corrected chi connectivity index (χ2v) is 23.6. The molecule has 0 saturated heterocycles. The van der Waals surface area contributed by atoms with Gasteiger partial charge in [0.25, 0.3) is 0 Å². The average Bonchev–Trinajstić information content (AvgIpc) is 2.69. The maximum atomic E-state index is 7.00. The molecule has 0 rings (SSSR count). The predicted octanol–water partition coefficient (Wildman–Crippen LogP) is 11.2. The summed E-state index contributed by atoms with van der Waals surface area (Å²) in [5, 5.41) is 0.385. The van der Waals surface area contributed by atoms with E-state index in [4.69, 9.17) is 8.85 Å². The van der Waals surface area contributed by atoms with Crippen molar-refractivity contribution in [2.45, 2.75) is 144 Å². The highest BCUT2D eigenvalue weighted by Gasteiger charge is 2.41. The minimum atomic E-state index is -1.93. The van der Waals surface area contributed by atoms with Gasteiger partial charge in [-0.1, -0.05) is 115 Å². The van der Waals surface area contributed by atoms with Crippen LogP contribution in [0.1, 0.15) is 95.9 Å². The van der Waals surface area contributed by atoms with E-state index in [1.54, 1.807) is 0 Å². The van der Waals surface area contributed by atoms with Crippen LogP contribution < -0.4 is 0 Å². The summed E-state index contributed by atoms with van der Waals surface area (Å²) in [6.45, 7) is 36.5. The van der Waals surface area contributed by atoms with E-state index >= 15 is 0 Å². The van der Waals surface area contributed by atoms with Crippen LogP contribution in [0, 0.1) is 5.92 Å². The van der Waals surface area contributed by atoms with Crippen LogP contribution in [0.3, 0.4) is 0 Å². The molecule has 0 aliphatic carbocycles. The first-order chi connectivity index (χ1) is 16.6. The molecular formula is C33H62O2Si2. The van der Waals surface area contributed by atoms with Crippen LogP contribution in [0.2, 0.25) is 36.3 Å². The van der Waals surface area contributed by atoms with Gasteiger partial charge in [-0.3, -0.25) is 0 Å². The molecule has 0 aliphatic heterocycles. The molecule has 37 heavy (non-hydrogen) atoms. The number of hydrogen-bond donors (Lipinski definition) is 0. The summed E-state index contributed by atoms with van der Waals surface area (Å²) < 4.78 is 13.7. The maximum absolute atomic E-state index is 7.00. The quantitative estimate of drug-likeness (QED) is 0.169. The van der Waals surface area contributed by atoms with Crippen molar-refractivity contribution >= 4 is 16.6 Å². The van der Waals surface area contributed by atoms with E-state index in [-0.39, 0.29) is 22.3 Å². The van der Waals surface area contributed by atoms with E-state index in [1.165, 1.54) is 16.7 Å². The zero-order valence-electron chi connectivity index (χ0n) is 27.5. The molecule has 0 heterocycles. The monoisotopic (exact) mass is 546 g/mol. The van der Waals surface area contributed by atoms with Crippen molar-refractivity contribution in [1.29, 1.82) is 0 Å². The van der Waals surface area contributed by atoms with Gasteiger partial charge >= 0.3 is 0 Å². The number of rotatable bonds is 13. The SMILES string of the molecule is CC/C=C/C(C)=C/C(C)=C/C=C/C(C)=C/[C@H](O[Si](C)(C)C(C)(C)C)[C@@H](C)C[C@H](C)O[Si](C)(C)C(C)(C)C. The highest BCUT2D eigenvalue weighted by molar-refractivity contribution is 6.74. The topological polar surface area (TPSA) is 18.5 Å². The second kappa shape index (κ2) is 15.0. The lowest BCUT2D eigenvalue weighted by Crippen LogP contribution is -2.46. The Bertz CT molecular complexity index is 843. The first-order valence-corrected chi connectivity index (χ1v) is 20.2. The lowest BCUT2D eigenvalue weighted by atomic mass is 9.96. The third-order valence-corrected chi connectivity index (χ3v) is 17.1. The molecule has 0 fully saturated rings. The smallest absolute Gasteiger partial charge is 0.192 e. The highest BCUT2D eigenvalue weighted by Crippen LogP contribution is 2.40. The molecule has 0 aliphatic rings. The lowest BCUT2D eigenvalue weighted by Gasteiger charge is -2.42. The largest absolute Gasteiger partial charge is 0.414 e. The Hall–Kier alpha value is -0.946. The fourth-order valence-corrected chi connectivity index (χ4v) is 6.43. The van der Waals surface area contributed by atoms with E-state index < -0.39 is 16.6 Å². The van der Waals surface area contributed by atoms with E-state index in [0.717, 1.165) is 12.8 Å². The summed E-state index contributed by atoms with van der Waals surface area (Å²) in [6.07, 6.45) is 17.8. The van der Waals surface area contributed by atoms with Gasteiger partial charge in [0.2, 0.25) is 0 Å². The van der Waals surface area contributed by atoms with Gasteiger partial charge in [0.05, 0.1) is 6.10 Å². The van der Waals surface area contributed by atoms with Crippen molar-refractivity contribution in [1.82, 2.24) is 0 Å². The van der Waals surface area contributed by atoms with Crippen LogP contribution in [0.4, 0.5) is 0 Å². The van der Waals surface area contributed by atoms with Gasteiger partial charge in [-0.05, 0) is 82.7 Å². The molecule has 0 unspecified atom stereocenters. The third-order valence-electron chi connectivity index (χ3n) is 8.02. The van der Waals surface area contributed by atoms with Crippen molar-refractivity contribution in [3.63, 3.8) is 0 Å². The maximum Gasteiger partial charge on any atom is 0.192 e. The summed E-state index contributed by atoms with van der Waals surface area (Å²) in [7, 11) is -3.73. The Morgan fingerprint density at radius 1 is 0.757 bits per heavy atom. The summed E-state index contributed by atoms with van der Waals surface area (Å²) >= 11 is 0. The standard InChI is InChI=1S/C33H62O2Si2/c1-17-18-20-26(2)23-27(3)21-19-22-28(4)24-31(35-37(15,16)33(10,11)12)29(5)25-30(6)34-36(13,14)32(7,8)9/h18-24,29-31H,17,25H2,1-16H3/b20-18+,22-19+,26-23+,27-21+,28-24+/t29-,30-,31-/m0/s1. The molecule has 0 radical (unpaired) electrons. The van der Waals surface area contributed by atoms with Crippen LogP contribution in [-0.4, -0.2) is 28.8 Å². The van der Waals surface area contributed by atoms with Gasteiger partial charge in [0.15, 0.2) is 16.6 Å². The van der Waals surface area contributed by atoms with Gasteiger partial charge in [-0.25, -0.2) is 0 Å². The Morgan fingerprint density at radius 2 is 1.27 bits per heavy atom. The fourth-order valence-electron chi connectivity index (χ4n) is 3.64. The molecular weight excluding hydrogens is 485 g/mol. The van der Waals surface area contributed by atoms with Gasteiger partial charge in [0, 0.05) is 6.10 Å². The van der Waals surface area contributed by atoms with Crippen molar-refractivity contribution in [2.24, 2.45) is 5.92 Å². The fraction of sp³-hybridized carbons (Fsp3) is 0.697. The molecule has 0 bridgehead atoms. The number of hydrogen-bond acceptors (Lipinski definition) is 2. The summed E-state index contributed by atoms with van der Waals surface area (Å²) in [6, 6.07) is 0. The molecule has 0 amide bonds. The third kappa shape index (κ3) is 13.6. The van der Waals surface area contributed by atoms with Crippen LogP contribution in [0.5, 0.6) is 0 Å². The minimum absolute atomic E-state index is 0.0717. The molecule has 0 N–H and O–H groups in total.